The van der Waals surface area contributed by atoms with E-state index in [1.54, 1.807) is 30.3 Å². The second-order valence-corrected chi connectivity index (χ2v) is 4.31. The van der Waals surface area contributed by atoms with Crippen LogP contribution < -0.4 is 10.9 Å². The molecule has 1 rings (SSSR count). The summed E-state index contributed by atoms with van der Waals surface area (Å²) < 4.78 is 41.6. The van der Waals surface area contributed by atoms with Crippen molar-refractivity contribution in [3.8, 4) is 0 Å². The summed E-state index contributed by atoms with van der Waals surface area (Å²) in [5.41, 5.74) is 1.68. The van der Waals surface area contributed by atoms with Crippen LogP contribution in [0.1, 0.15) is 12.5 Å². The van der Waals surface area contributed by atoms with E-state index in [-0.39, 0.29) is 6.61 Å². The van der Waals surface area contributed by atoms with Gasteiger partial charge in [0, 0.05) is 0 Å². The van der Waals surface area contributed by atoms with Gasteiger partial charge in [-0.2, -0.15) is 13.2 Å². The minimum atomic E-state index is -4.80. The molecule has 1 aromatic carbocycles. The largest absolute Gasteiger partial charge is 0.444 e. The maximum Gasteiger partial charge on any atom is 0.421 e. The van der Waals surface area contributed by atoms with Gasteiger partial charge >= 0.3 is 12.3 Å². The zero-order valence-electron chi connectivity index (χ0n) is 10.7. The third kappa shape index (κ3) is 5.06. The van der Waals surface area contributed by atoms with Crippen molar-refractivity contribution in [2.24, 2.45) is 0 Å². The molecule has 0 fully saturated rings. The van der Waals surface area contributed by atoms with Gasteiger partial charge in [0.1, 0.15) is 6.61 Å². The van der Waals surface area contributed by atoms with Gasteiger partial charge in [-0.3, -0.25) is 5.43 Å². The third-order valence-corrected chi connectivity index (χ3v) is 2.45. The second kappa shape index (κ2) is 6.58. The molecule has 0 heterocycles. The van der Waals surface area contributed by atoms with Crippen LogP contribution in [0.5, 0.6) is 0 Å². The molecule has 0 unspecified atom stereocenters. The van der Waals surface area contributed by atoms with Crippen molar-refractivity contribution < 1.29 is 27.8 Å². The predicted molar refractivity (Wildman–Crippen MR) is 64.4 cm³/mol. The van der Waals surface area contributed by atoms with Crippen molar-refractivity contribution >= 4 is 6.09 Å². The maximum absolute atomic E-state index is 12.3. The van der Waals surface area contributed by atoms with Crippen LogP contribution in [0.4, 0.5) is 18.0 Å². The van der Waals surface area contributed by atoms with E-state index >= 15 is 0 Å². The van der Waals surface area contributed by atoms with Gasteiger partial charge in [-0.05, 0) is 12.5 Å². The monoisotopic (exact) mass is 292 g/mol. The Morgan fingerprint density at radius 2 is 1.90 bits per heavy atom. The van der Waals surface area contributed by atoms with Crippen LogP contribution in [-0.4, -0.2) is 29.5 Å². The summed E-state index contributed by atoms with van der Waals surface area (Å²) >= 11 is 0. The summed E-state index contributed by atoms with van der Waals surface area (Å²) in [6.07, 6.45) is -5.73. The van der Waals surface area contributed by atoms with Crippen molar-refractivity contribution in [1.82, 2.24) is 10.9 Å². The lowest BCUT2D eigenvalue weighted by Crippen LogP contribution is -2.54. The Morgan fingerprint density at radius 1 is 1.30 bits per heavy atom. The number of nitrogens with one attached hydrogen (secondary N) is 2. The van der Waals surface area contributed by atoms with E-state index in [0.29, 0.717) is 6.92 Å². The van der Waals surface area contributed by atoms with Crippen molar-refractivity contribution in [2.75, 3.05) is 6.54 Å². The number of alkyl halides is 3. The molecule has 0 bridgehead atoms. The Bertz CT molecular complexity index is 435. The van der Waals surface area contributed by atoms with Gasteiger partial charge in [0.25, 0.3) is 0 Å². The third-order valence-electron chi connectivity index (χ3n) is 2.45. The van der Waals surface area contributed by atoms with Crippen LogP contribution in [0.25, 0.3) is 0 Å². The molecule has 0 saturated carbocycles. The highest BCUT2D eigenvalue weighted by Gasteiger charge is 2.49. The molecule has 0 radical (unpaired) electrons. The first-order valence-electron chi connectivity index (χ1n) is 5.71. The molecular formula is C12H15F3N2O3. The molecule has 0 aromatic heterocycles. The zero-order chi connectivity index (χ0) is 15.2. The fraction of sp³-hybridized carbons (Fsp3) is 0.417. The van der Waals surface area contributed by atoms with Crippen LogP contribution in [0.2, 0.25) is 0 Å². The number of ether oxygens (including phenoxy) is 1. The van der Waals surface area contributed by atoms with Gasteiger partial charge in [-0.1, -0.05) is 30.3 Å². The Kier molecular flexibility index (Phi) is 5.34. The van der Waals surface area contributed by atoms with Crippen molar-refractivity contribution in [3.63, 3.8) is 0 Å². The first-order chi connectivity index (χ1) is 9.22. The lowest BCUT2D eigenvalue weighted by atomic mass is 10.1. The van der Waals surface area contributed by atoms with Crippen molar-refractivity contribution in [3.05, 3.63) is 35.9 Å². The molecular weight excluding hydrogens is 277 g/mol. The normalized spacial score (nSPS) is 14.4. The van der Waals surface area contributed by atoms with E-state index in [9.17, 15) is 18.0 Å². The number of hydrogen-bond donors (Lipinski definition) is 3. The number of amides is 1. The minimum absolute atomic E-state index is 0.00990. The molecule has 0 spiro atoms. The predicted octanol–water partition coefficient (Wildman–Crippen LogP) is 1.73. The standard InChI is InChI=1S/C12H15F3N2O3/c1-11(19,12(13,14)15)8-16-17-10(18)20-7-9-5-3-2-4-6-9/h2-6,16,19H,7-8H2,1H3,(H,17,18)/t11-/m1/s1. The molecule has 112 valence electrons. The van der Waals surface area contributed by atoms with Gasteiger partial charge in [0.15, 0.2) is 5.60 Å². The lowest BCUT2D eigenvalue weighted by molar-refractivity contribution is -0.250. The van der Waals surface area contributed by atoms with E-state index in [2.05, 4.69) is 0 Å². The van der Waals surface area contributed by atoms with Gasteiger partial charge in [0.2, 0.25) is 0 Å². The highest BCUT2D eigenvalue weighted by Crippen LogP contribution is 2.28. The molecule has 1 aromatic rings. The van der Waals surface area contributed by atoms with Crippen LogP contribution in [0, 0.1) is 0 Å². The quantitative estimate of drug-likeness (QED) is 0.723. The van der Waals surface area contributed by atoms with E-state index < -0.39 is 24.4 Å². The Morgan fingerprint density at radius 3 is 2.45 bits per heavy atom. The van der Waals surface area contributed by atoms with E-state index in [1.165, 1.54) is 0 Å². The Labute approximate surface area is 113 Å². The number of benzene rings is 1. The summed E-state index contributed by atoms with van der Waals surface area (Å²) in [6.45, 7) is -0.308. The van der Waals surface area contributed by atoms with E-state index in [4.69, 9.17) is 9.84 Å². The highest BCUT2D eigenvalue weighted by atomic mass is 19.4. The summed E-state index contributed by atoms with van der Waals surface area (Å²) in [6, 6.07) is 8.78. The number of rotatable bonds is 5. The molecule has 1 amide bonds. The molecule has 20 heavy (non-hydrogen) atoms. The summed E-state index contributed by atoms with van der Waals surface area (Å²) in [7, 11) is 0. The van der Waals surface area contributed by atoms with E-state index in [1.807, 2.05) is 10.9 Å². The summed E-state index contributed by atoms with van der Waals surface area (Å²) in [5, 5.41) is 9.09. The molecule has 1 atom stereocenters. The van der Waals surface area contributed by atoms with Crippen molar-refractivity contribution in [1.29, 1.82) is 0 Å². The van der Waals surface area contributed by atoms with Gasteiger partial charge in [-0.15, -0.1) is 0 Å². The molecule has 5 nitrogen and oxygen atoms in total. The van der Waals surface area contributed by atoms with Gasteiger partial charge < -0.3 is 9.84 Å². The second-order valence-electron chi connectivity index (χ2n) is 4.31. The van der Waals surface area contributed by atoms with Crippen LogP contribution in [-0.2, 0) is 11.3 Å². The average molecular weight is 292 g/mol. The molecule has 0 aliphatic heterocycles. The fourth-order valence-electron chi connectivity index (χ4n) is 1.15. The fourth-order valence-corrected chi connectivity index (χ4v) is 1.15. The Balaban J connectivity index is 2.27. The molecule has 3 N–H and O–H groups in total. The lowest BCUT2D eigenvalue weighted by Gasteiger charge is -2.26. The Hall–Kier alpha value is -1.80. The average Bonchev–Trinajstić information content (AvgIpc) is 2.36. The smallest absolute Gasteiger partial charge is 0.421 e. The first kappa shape index (κ1) is 16.3. The van der Waals surface area contributed by atoms with Crippen LogP contribution in [0.3, 0.4) is 0 Å². The minimum Gasteiger partial charge on any atom is -0.444 e. The highest BCUT2D eigenvalue weighted by molar-refractivity contribution is 5.66. The SMILES string of the molecule is C[C@@](O)(CNNC(=O)OCc1ccccc1)C(F)(F)F. The van der Waals surface area contributed by atoms with Crippen molar-refractivity contribution in [2.45, 2.75) is 25.3 Å². The number of hydrogen-bond acceptors (Lipinski definition) is 4. The molecule has 0 saturated heterocycles. The van der Waals surface area contributed by atoms with Crippen LogP contribution >= 0.6 is 0 Å². The molecule has 0 aliphatic rings. The number of carbonyl (C=O) groups is 1. The van der Waals surface area contributed by atoms with Gasteiger partial charge in [-0.25, -0.2) is 10.2 Å². The molecule has 8 heteroatoms. The number of hydrazine groups is 1. The summed E-state index contributed by atoms with van der Waals surface area (Å²) in [5.74, 6) is 0. The summed E-state index contributed by atoms with van der Waals surface area (Å²) in [4.78, 5) is 11.2. The maximum atomic E-state index is 12.3. The first-order valence-corrected chi connectivity index (χ1v) is 5.71. The van der Waals surface area contributed by atoms with E-state index in [0.717, 1.165) is 5.56 Å². The zero-order valence-corrected chi connectivity index (χ0v) is 10.7. The topological polar surface area (TPSA) is 70.6 Å². The number of aliphatic hydroxyl groups is 1. The van der Waals surface area contributed by atoms with Gasteiger partial charge in [0.05, 0.1) is 6.54 Å². The van der Waals surface area contributed by atoms with Crippen LogP contribution in [0.15, 0.2) is 30.3 Å². The number of halogens is 3. The number of carbonyl (C=O) groups excluding carboxylic acids is 1. The molecule has 0 aliphatic carbocycles.